The first-order chi connectivity index (χ1) is 15.7. The molecule has 0 radical (unpaired) electrons. The van der Waals surface area contributed by atoms with E-state index in [2.05, 4.69) is 45.7 Å². The van der Waals surface area contributed by atoms with E-state index in [0.29, 0.717) is 0 Å². The highest BCUT2D eigenvalue weighted by molar-refractivity contribution is 5.88. The molecule has 32 heavy (non-hydrogen) atoms. The monoisotopic (exact) mass is 416 g/mol. The van der Waals surface area contributed by atoms with Gasteiger partial charge in [0, 0.05) is 33.3 Å². The lowest BCUT2D eigenvalue weighted by Gasteiger charge is -2.02. The lowest BCUT2D eigenvalue weighted by Crippen LogP contribution is -2.05. The number of hydrogen-bond donors (Lipinski definition) is 4. The molecule has 5 heterocycles. The van der Waals surface area contributed by atoms with E-state index in [4.69, 9.17) is 15.8 Å². The van der Waals surface area contributed by atoms with Crippen LogP contribution in [0, 0.1) is 0 Å². The second-order valence-corrected chi connectivity index (χ2v) is 7.81. The van der Waals surface area contributed by atoms with Crippen molar-refractivity contribution < 1.29 is 0 Å². The number of fused-ring (bicyclic) bond motifs is 8. The second kappa shape index (κ2) is 7.37. The first-order valence-corrected chi connectivity index (χ1v) is 10.4. The molecule has 6 nitrogen and oxygen atoms in total. The summed E-state index contributed by atoms with van der Waals surface area (Å²) in [6, 6.07) is 22.5. The largest absolute Gasteiger partial charge is 0.355 e. The van der Waals surface area contributed by atoms with Crippen molar-refractivity contribution in [3.8, 4) is 11.1 Å². The van der Waals surface area contributed by atoms with E-state index in [0.717, 1.165) is 61.7 Å². The van der Waals surface area contributed by atoms with Gasteiger partial charge in [-0.1, -0.05) is 12.1 Å². The Morgan fingerprint density at radius 1 is 0.594 bits per heavy atom. The van der Waals surface area contributed by atoms with Gasteiger partial charge in [0.05, 0.1) is 22.8 Å². The molecule has 1 aromatic carbocycles. The minimum absolute atomic E-state index is 0.863. The van der Waals surface area contributed by atoms with Gasteiger partial charge in [-0.2, -0.15) is 0 Å². The van der Waals surface area contributed by atoms with Gasteiger partial charge < -0.3 is 15.4 Å². The van der Waals surface area contributed by atoms with Gasteiger partial charge in [0.25, 0.3) is 0 Å². The van der Waals surface area contributed by atoms with Crippen molar-refractivity contribution in [2.45, 2.75) is 0 Å². The summed E-state index contributed by atoms with van der Waals surface area (Å²) in [5.41, 5.74) is 13.3. The normalized spacial score (nSPS) is 12.3. The molecule has 4 aromatic rings. The fraction of sp³-hybridized carbons (Fsp3) is 0. The fourth-order valence-corrected chi connectivity index (χ4v) is 4.00. The van der Waals surface area contributed by atoms with Gasteiger partial charge in [-0.25, -0.2) is 9.97 Å². The van der Waals surface area contributed by atoms with E-state index in [9.17, 15) is 0 Å². The Morgan fingerprint density at radius 2 is 1.16 bits per heavy atom. The van der Waals surface area contributed by atoms with Crippen molar-refractivity contribution in [2.75, 3.05) is 5.43 Å². The van der Waals surface area contributed by atoms with Crippen LogP contribution in [0.2, 0.25) is 0 Å². The van der Waals surface area contributed by atoms with Crippen molar-refractivity contribution in [1.82, 2.24) is 19.9 Å². The van der Waals surface area contributed by atoms with Gasteiger partial charge >= 0.3 is 0 Å². The van der Waals surface area contributed by atoms with Crippen LogP contribution in [0.1, 0.15) is 22.8 Å². The number of nitrogens with two attached hydrogens (primary N) is 1. The summed E-state index contributed by atoms with van der Waals surface area (Å²) >= 11 is 0. The molecular formula is C26H20N6. The highest BCUT2D eigenvalue weighted by Gasteiger charge is 2.07. The van der Waals surface area contributed by atoms with E-state index in [1.807, 2.05) is 60.7 Å². The molecule has 0 aliphatic carbocycles. The van der Waals surface area contributed by atoms with Crippen molar-refractivity contribution in [2.24, 2.45) is 5.84 Å². The van der Waals surface area contributed by atoms with Gasteiger partial charge in [0.1, 0.15) is 0 Å². The average molecular weight is 416 g/mol. The summed E-state index contributed by atoms with van der Waals surface area (Å²) in [6.07, 6.45) is 8.10. The first-order valence-electron chi connectivity index (χ1n) is 10.4. The minimum atomic E-state index is 0.863. The van der Waals surface area contributed by atoms with Crippen LogP contribution in [0.5, 0.6) is 0 Å². The lowest BCUT2D eigenvalue weighted by molar-refractivity contribution is 1.31. The maximum absolute atomic E-state index is 5.53. The summed E-state index contributed by atoms with van der Waals surface area (Å²) in [5, 5.41) is 0. The molecule has 6 rings (SSSR count). The molecule has 0 unspecified atom stereocenters. The molecule has 0 saturated heterocycles. The highest BCUT2D eigenvalue weighted by Crippen LogP contribution is 2.28. The predicted molar refractivity (Wildman–Crippen MR) is 132 cm³/mol. The fourth-order valence-electron chi connectivity index (χ4n) is 4.00. The van der Waals surface area contributed by atoms with Gasteiger partial charge in [-0.05, 0) is 84.5 Å². The van der Waals surface area contributed by atoms with Gasteiger partial charge in [0.15, 0.2) is 0 Å². The predicted octanol–water partition coefficient (Wildman–Crippen LogP) is 5.61. The lowest BCUT2D eigenvalue weighted by atomic mass is 10.1. The molecule has 2 aliphatic heterocycles. The molecule has 2 aliphatic rings. The highest BCUT2D eigenvalue weighted by atomic mass is 15.2. The van der Waals surface area contributed by atoms with Gasteiger partial charge in [0.2, 0.25) is 0 Å². The van der Waals surface area contributed by atoms with E-state index in [1.54, 1.807) is 0 Å². The minimum Gasteiger partial charge on any atom is -0.355 e. The van der Waals surface area contributed by atoms with E-state index >= 15 is 0 Å². The zero-order valence-electron chi connectivity index (χ0n) is 17.1. The number of H-pyrrole nitrogens is 2. The van der Waals surface area contributed by atoms with Crippen LogP contribution < -0.4 is 11.3 Å². The topological polar surface area (TPSA) is 95.4 Å². The molecule has 0 saturated carbocycles. The van der Waals surface area contributed by atoms with Crippen LogP contribution in [0.25, 0.3) is 57.5 Å². The number of anilines is 1. The molecule has 0 fully saturated rings. The standard InChI is InChI=1S/C26H20N6/c27-32-17-3-1-16(2-4-17)25-14-24-13-22-8-7-20(29-22)11-18-5-6-19(28-18)12-21-9-10-23(30-21)15-26(25)31-24/h1-15,28,31-32H,27H2. The van der Waals surface area contributed by atoms with Crippen LogP contribution in [-0.2, 0) is 0 Å². The molecule has 154 valence electrons. The van der Waals surface area contributed by atoms with Crippen LogP contribution in [0.15, 0.2) is 66.7 Å². The van der Waals surface area contributed by atoms with Crippen LogP contribution in [0.3, 0.4) is 0 Å². The molecular weight excluding hydrogens is 396 g/mol. The number of hydrazine groups is 1. The third kappa shape index (κ3) is 3.49. The maximum atomic E-state index is 5.53. The number of nitrogens with zero attached hydrogens (tertiary/aromatic N) is 2. The Bertz CT molecular complexity index is 1550. The molecule has 5 N–H and O–H groups in total. The maximum Gasteiger partial charge on any atom is 0.0658 e. The van der Waals surface area contributed by atoms with Crippen LogP contribution in [-0.4, -0.2) is 19.9 Å². The van der Waals surface area contributed by atoms with Gasteiger partial charge in [-0.15, -0.1) is 0 Å². The summed E-state index contributed by atoms with van der Waals surface area (Å²) in [5.74, 6) is 5.53. The van der Waals surface area contributed by atoms with E-state index < -0.39 is 0 Å². The number of aromatic amines is 2. The third-order valence-corrected chi connectivity index (χ3v) is 5.53. The zero-order valence-corrected chi connectivity index (χ0v) is 17.1. The van der Waals surface area contributed by atoms with Crippen LogP contribution >= 0.6 is 0 Å². The molecule has 3 aromatic heterocycles. The van der Waals surface area contributed by atoms with Gasteiger partial charge in [-0.3, -0.25) is 5.84 Å². The second-order valence-electron chi connectivity index (χ2n) is 7.81. The molecule has 0 atom stereocenters. The quantitative estimate of drug-likeness (QED) is 0.218. The SMILES string of the molecule is NNc1ccc(-c2cc3cc4nc(cc5ccc(cc6nc(cc2[nH]3)C=C6)[nH]5)C=C4)cc1. The first kappa shape index (κ1) is 18.4. The van der Waals surface area contributed by atoms with Crippen LogP contribution in [0.4, 0.5) is 5.69 Å². The number of nitrogen functional groups attached to an aromatic ring is 1. The van der Waals surface area contributed by atoms with E-state index in [-0.39, 0.29) is 0 Å². The summed E-state index contributed by atoms with van der Waals surface area (Å²) < 4.78 is 0. The average Bonchev–Trinajstić information content (AvgIpc) is 3.59. The Hall–Kier alpha value is -4.42. The van der Waals surface area contributed by atoms with E-state index in [1.165, 1.54) is 0 Å². The summed E-state index contributed by atoms with van der Waals surface area (Å²) in [7, 11) is 0. The van der Waals surface area contributed by atoms with Crippen molar-refractivity contribution >= 4 is 52.1 Å². The number of rotatable bonds is 2. The van der Waals surface area contributed by atoms with Crippen molar-refractivity contribution in [1.29, 1.82) is 0 Å². The zero-order chi connectivity index (χ0) is 21.5. The van der Waals surface area contributed by atoms with Crippen molar-refractivity contribution in [3.63, 3.8) is 0 Å². The molecule has 0 amide bonds. The third-order valence-electron chi connectivity index (χ3n) is 5.53. The number of benzene rings is 1. The molecule has 8 bridgehead atoms. The number of aromatic nitrogens is 4. The smallest absolute Gasteiger partial charge is 0.0658 e. The Kier molecular flexibility index (Phi) is 4.23. The Balaban J connectivity index is 1.64. The molecule has 0 spiro atoms. The summed E-state index contributed by atoms with van der Waals surface area (Å²) in [4.78, 5) is 16.4. The molecule has 6 heteroatoms. The van der Waals surface area contributed by atoms with Crippen molar-refractivity contribution in [3.05, 3.63) is 89.5 Å². The summed E-state index contributed by atoms with van der Waals surface area (Å²) in [6.45, 7) is 0. The number of hydrogen-bond acceptors (Lipinski definition) is 4. The Morgan fingerprint density at radius 3 is 1.75 bits per heavy atom. The Labute approximate surface area is 184 Å². The number of nitrogens with one attached hydrogen (secondary N) is 3.